The topological polar surface area (TPSA) is 81.7 Å². The van der Waals surface area contributed by atoms with Crippen LogP contribution in [-0.2, 0) is 13.6 Å². The molecule has 1 N–H and O–H groups in total. The van der Waals surface area contributed by atoms with Crippen LogP contribution in [-0.4, -0.2) is 34.9 Å². The summed E-state index contributed by atoms with van der Waals surface area (Å²) in [6.07, 6.45) is 1.10. The number of aromatic nitrogens is 6. The molecule has 2 aromatic rings. The molecular formula is C9H14N6O. The molecule has 7 heteroatoms. The zero-order valence-electron chi connectivity index (χ0n) is 9.49. The van der Waals surface area contributed by atoms with E-state index in [4.69, 9.17) is 0 Å². The first kappa shape index (κ1) is 10.7. The highest BCUT2D eigenvalue weighted by Crippen LogP contribution is 2.07. The highest BCUT2D eigenvalue weighted by Gasteiger charge is 2.09. The average Bonchev–Trinajstić information content (AvgIpc) is 2.81. The normalized spacial score (nSPS) is 13.0. The third-order valence-corrected chi connectivity index (χ3v) is 2.47. The molecule has 1 unspecified atom stereocenters. The molecule has 0 radical (unpaired) electrons. The molecule has 0 aliphatic heterocycles. The van der Waals surface area contributed by atoms with Gasteiger partial charge in [-0.1, -0.05) is 5.21 Å². The molecule has 0 saturated carbocycles. The first-order chi connectivity index (χ1) is 7.58. The number of aliphatic hydroxyl groups is 1. The lowest BCUT2D eigenvalue weighted by Crippen LogP contribution is -2.07. The van der Waals surface area contributed by atoms with Gasteiger partial charge in [0.05, 0.1) is 12.3 Å². The summed E-state index contributed by atoms with van der Waals surface area (Å²) in [7, 11) is 1.90. The minimum absolute atomic E-state index is 0.497. The molecule has 0 aliphatic carbocycles. The largest absolute Gasteiger partial charge is 0.387 e. The Balaban J connectivity index is 2.17. The Hall–Kier alpha value is -1.76. The molecule has 0 aliphatic rings. The molecule has 0 bridgehead atoms. The van der Waals surface area contributed by atoms with Crippen LogP contribution in [0.2, 0.25) is 0 Å². The van der Waals surface area contributed by atoms with Gasteiger partial charge in [-0.2, -0.15) is 0 Å². The van der Waals surface area contributed by atoms with Crippen molar-refractivity contribution in [2.75, 3.05) is 0 Å². The standard InChI is InChI=1S/C9H14N6O/c1-6(16)8-4-15(13-11-8)5-9-12-10-7(2)14(9)3/h4,6,16H,5H2,1-3H3. The number of aliphatic hydroxyl groups excluding tert-OH is 1. The minimum atomic E-state index is -0.602. The second-order valence-electron chi connectivity index (χ2n) is 3.74. The van der Waals surface area contributed by atoms with Gasteiger partial charge in [0, 0.05) is 7.05 Å². The molecule has 2 heterocycles. The van der Waals surface area contributed by atoms with E-state index in [1.165, 1.54) is 0 Å². The first-order valence-corrected chi connectivity index (χ1v) is 5.01. The van der Waals surface area contributed by atoms with Crippen molar-refractivity contribution in [1.29, 1.82) is 0 Å². The van der Waals surface area contributed by atoms with Gasteiger partial charge in [0.2, 0.25) is 0 Å². The van der Waals surface area contributed by atoms with E-state index in [1.54, 1.807) is 17.8 Å². The Morgan fingerprint density at radius 2 is 2.12 bits per heavy atom. The summed E-state index contributed by atoms with van der Waals surface area (Å²) in [5, 5.41) is 25.1. The van der Waals surface area contributed by atoms with Gasteiger partial charge in [-0.25, -0.2) is 4.68 Å². The van der Waals surface area contributed by atoms with Gasteiger partial charge in [-0.15, -0.1) is 15.3 Å². The summed E-state index contributed by atoms with van der Waals surface area (Å²) in [5.41, 5.74) is 0.555. The third-order valence-electron chi connectivity index (χ3n) is 2.47. The van der Waals surface area contributed by atoms with Gasteiger partial charge in [0.15, 0.2) is 5.82 Å². The summed E-state index contributed by atoms with van der Waals surface area (Å²) in [4.78, 5) is 0. The molecule has 0 amide bonds. The summed E-state index contributed by atoms with van der Waals surface area (Å²) in [6, 6.07) is 0. The number of hydrogen-bond donors (Lipinski definition) is 1. The van der Waals surface area contributed by atoms with Crippen LogP contribution in [0.4, 0.5) is 0 Å². The smallest absolute Gasteiger partial charge is 0.154 e. The van der Waals surface area contributed by atoms with Crippen molar-refractivity contribution in [2.45, 2.75) is 26.5 Å². The van der Waals surface area contributed by atoms with Crippen molar-refractivity contribution in [3.05, 3.63) is 23.5 Å². The molecule has 2 aromatic heterocycles. The van der Waals surface area contributed by atoms with Crippen molar-refractivity contribution < 1.29 is 5.11 Å². The predicted octanol–water partition coefficient (Wildman–Crippen LogP) is -0.183. The fourth-order valence-electron chi connectivity index (χ4n) is 1.32. The zero-order valence-corrected chi connectivity index (χ0v) is 9.49. The quantitative estimate of drug-likeness (QED) is 0.778. The number of hydrogen-bond acceptors (Lipinski definition) is 5. The molecule has 1 atom stereocenters. The molecule has 86 valence electrons. The van der Waals surface area contributed by atoms with Crippen LogP contribution in [0.25, 0.3) is 0 Å². The van der Waals surface area contributed by atoms with Crippen LogP contribution in [0.15, 0.2) is 6.20 Å². The van der Waals surface area contributed by atoms with Crippen LogP contribution in [0.3, 0.4) is 0 Å². The highest BCUT2D eigenvalue weighted by atomic mass is 16.3. The van der Waals surface area contributed by atoms with E-state index < -0.39 is 6.10 Å². The summed E-state index contributed by atoms with van der Waals surface area (Å²) in [6.45, 7) is 4.04. The van der Waals surface area contributed by atoms with E-state index in [0.29, 0.717) is 12.2 Å². The van der Waals surface area contributed by atoms with Gasteiger partial charge < -0.3 is 9.67 Å². The fraction of sp³-hybridized carbons (Fsp3) is 0.556. The zero-order chi connectivity index (χ0) is 11.7. The van der Waals surface area contributed by atoms with E-state index in [-0.39, 0.29) is 0 Å². The summed E-state index contributed by atoms with van der Waals surface area (Å²) >= 11 is 0. The molecule has 0 saturated heterocycles. The van der Waals surface area contributed by atoms with Crippen LogP contribution in [0.1, 0.15) is 30.4 Å². The molecule has 2 rings (SSSR count). The van der Waals surface area contributed by atoms with E-state index in [9.17, 15) is 5.11 Å². The van der Waals surface area contributed by atoms with Crippen LogP contribution < -0.4 is 0 Å². The number of rotatable bonds is 3. The maximum Gasteiger partial charge on any atom is 0.154 e. The Kier molecular flexibility index (Phi) is 2.69. The number of nitrogens with zero attached hydrogens (tertiary/aromatic N) is 6. The second-order valence-corrected chi connectivity index (χ2v) is 3.74. The molecule has 0 spiro atoms. The Morgan fingerprint density at radius 3 is 2.62 bits per heavy atom. The maximum atomic E-state index is 9.31. The molecule has 0 aromatic carbocycles. The Labute approximate surface area is 92.7 Å². The molecule has 7 nitrogen and oxygen atoms in total. The maximum absolute atomic E-state index is 9.31. The van der Waals surface area contributed by atoms with Crippen molar-refractivity contribution >= 4 is 0 Å². The SMILES string of the molecule is Cc1nnc(Cn2cc(C(C)O)nn2)n1C. The molecular weight excluding hydrogens is 208 g/mol. The van der Waals surface area contributed by atoms with Crippen LogP contribution in [0.5, 0.6) is 0 Å². The Bertz CT molecular complexity index is 486. The average molecular weight is 222 g/mol. The third kappa shape index (κ3) is 1.94. The van der Waals surface area contributed by atoms with E-state index in [0.717, 1.165) is 11.6 Å². The number of aryl methyl sites for hydroxylation is 1. The minimum Gasteiger partial charge on any atom is -0.387 e. The van der Waals surface area contributed by atoms with Gasteiger partial charge in [0.1, 0.15) is 18.1 Å². The molecule has 0 fully saturated rings. The summed E-state index contributed by atoms with van der Waals surface area (Å²) < 4.78 is 3.52. The van der Waals surface area contributed by atoms with Crippen molar-refractivity contribution in [1.82, 2.24) is 29.8 Å². The highest BCUT2D eigenvalue weighted by molar-refractivity contribution is 4.98. The monoisotopic (exact) mass is 222 g/mol. The van der Waals surface area contributed by atoms with Gasteiger partial charge in [0.25, 0.3) is 0 Å². The van der Waals surface area contributed by atoms with E-state index in [2.05, 4.69) is 20.5 Å². The van der Waals surface area contributed by atoms with Gasteiger partial charge >= 0.3 is 0 Å². The second kappa shape index (κ2) is 4.01. The van der Waals surface area contributed by atoms with Gasteiger partial charge in [-0.3, -0.25) is 0 Å². The van der Waals surface area contributed by atoms with Gasteiger partial charge in [-0.05, 0) is 13.8 Å². The predicted molar refractivity (Wildman–Crippen MR) is 55.5 cm³/mol. The van der Waals surface area contributed by atoms with Crippen molar-refractivity contribution in [2.24, 2.45) is 7.05 Å². The lowest BCUT2D eigenvalue weighted by Gasteiger charge is -2.00. The lowest BCUT2D eigenvalue weighted by atomic mass is 10.3. The van der Waals surface area contributed by atoms with E-state index >= 15 is 0 Å². The fourth-order valence-corrected chi connectivity index (χ4v) is 1.32. The molecule has 16 heavy (non-hydrogen) atoms. The van der Waals surface area contributed by atoms with Crippen LogP contribution >= 0.6 is 0 Å². The first-order valence-electron chi connectivity index (χ1n) is 5.01. The van der Waals surface area contributed by atoms with Crippen LogP contribution in [0, 0.1) is 6.92 Å². The lowest BCUT2D eigenvalue weighted by molar-refractivity contribution is 0.194. The van der Waals surface area contributed by atoms with E-state index in [1.807, 2.05) is 18.5 Å². The van der Waals surface area contributed by atoms with Crippen molar-refractivity contribution in [3.8, 4) is 0 Å². The summed E-state index contributed by atoms with van der Waals surface area (Å²) in [5.74, 6) is 1.66. The van der Waals surface area contributed by atoms with Crippen molar-refractivity contribution in [3.63, 3.8) is 0 Å². The Morgan fingerprint density at radius 1 is 1.38 bits per heavy atom.